The molecule has 1 saturated carbocycles. The number of hydrogen-bond acceptors (Lipinski definition) is 6. The van der Waals surface area contributed by atoms with Gasteiger partial charge in [-0.1, -0.05) is 5.16 Å². The Morgan fingerprint density at radius 1 is 1.25 bits per heavy atom. The molecule has 1 aliphatic carbocycles. The molecule has 1 aromatic heterocycles. The van der Waals surface area contributed by atoms with Crippen LogP contribution in [0, 0.1) is 18.8 Å². The molecule has 0 spiro atoms. The molecule has 0 aromatic carbocycles. The largest absolute Gasteiger partial charge is 0.383 e. The lowest BCUT2D eigenvalue weighted by molar-refractivity contribution is 0.0501. The van der Waals surface area contributed by atoms with Crippen molar-refractivity contribution in [1.29, 1.82) is 0 Å². The highest BCUT2D eigenvalue weighted by atomic mass is 16.5. The summed E-state index contributed by atoms with van der Waals surface area (Å²) in [6.07, 6.45) is 3.99. The van der Waals surface area contributed by atoms with Gasteiger partial charge in [0.15, 0.2) is 5.82 Å². The number of hydrogen-bond donors (Lipinski definition) is 2. The van der Waals surface area contributed by atoms with Crippen molar-refractivity contribution in [1.82, 2.24) is 20.8 Å². The number of aromatic nitrogens is 2. The fourth-order valence-corrected chi connectivity index (χ4v) is 3.19. The molecule has 1 aliphatic heterocycles. The van der Waals surface area contributed by atoms with Crippen molar-refractivity contribution in [2.45, 2.75) is 44.7 Å². The molecule has 2 heterocycles. The van der Waals surface area contributed by atoms with Gasteiger partial charge >= 0.3 is 6.03 Å². The van der Waals surface area contributed by atoms with Gasteiger partial charge < -0.3 is 24.6 Å². The average Bonchev–Trinajstić information content (AvgIpc) is 3.35. The minimum atomic E-state index is -0.294. The number of nitrogens with zero attached hydrogens (tertiary/aromatic N) is 2. The first kappa shape index (κ1) is 17.2. The van der Waals surface area contributed by atoms with Gasteiger partial charge in [0.2, 0.25) is 5.89 Å². The van der Waals surface area contributed by atoms with Crippen LogP contribution < -0.4 is 10.6 Å². The number of nitrogens with one attached hydrogen (secondary N) is 2. The fourth-order valence-electron chi connectivity index (χ4n) is 3.19. The Kier molecular flexibility index (Phi) is 5.68. The molecule has 1 aromatic rings. The lowest BCUT2D eigenvalue weighted by Gasteiger charge is -2.29. The van der Waals surface area contributed by atoms with Crippen LogP contribution in [0.1, 0.15) is 43.4 Å². The fraction of sp³-hybridized carbons (Fsp3) is 0.812. The van der Waals surface area contributed by atoms with E-state index >= 15 is 0 Å². The lowest BCUT2D eigenvalue weighted by Crippen LogP contribution is -2.48. The SMILES string of the molecule is COC[C@@H](NC(=O)N[C@H](c1nc(C)no1)C1CCOCC1)C1CC1. The predicted octanol–water partition coefficient (Wildman–Crippen LogP) is 1.57. The van der Waals surface area contributed by atoms with Crippen LogP contribution in [0.2, 0.25) is 0 Å². The maximum atomic E-state index is 12.5. The Morgan fingerprint density at radius 3 is 2.58 bits per heavy atom. The third kappa shape index (κ3) is 4.45. The summed E-state index contributed by atoms with van der Waals surface area (Å²) in [5, 5.41) is 9.92. The van der Waals surface area contributed by atoms with Gasteiger partial charge in [-0.2, -0.15) is 4.98 Å². The topological polar surface area (TPSA) is 98.5 Å². The lowest BCUT2D eigenvalue weighted by atomic mass is 9.91. The van der Waals surface area contributed by atoms with Gasteiger partial charge in [0.05, 0.1) is 12.6 Å². The van der Waals surface area contributed by atoms with Crippen LogP contribution in [0.15, 0.2) is 4.52 Å². The van der Waals surface area contributed by atoms with Crippen LogP contribution in [0.3, 0.4) is 0 Å². The smallest absolute Gasteiger partial charge is 0.315 e. The summed E-state index contributed by atoms with van der Waals surface area (Å²) in [4.78, 5) is 16.8. The summed E-state index contributed by atoms with van der Waals surface area (Å²) < 4.78 is 16.0. The number of carbonyl (C=O) groups is 1. The maximum Gasteiger partial charge on any atom is 0.315 e. The predicted molar refractivity (Wildman–Crippen MR) is 85.4 cm³/mol. The van der Waals surface area contributed by atoms with Crippen molar-refractivity contribution in [2.75, 3.05) is 26.9 Å². The Hall–Kier alpha value is -1.67. The minimum absolute atomic E-state index is 0.0507. The van der Waals surface area contributed by atoms with Gasteiger partial charge in [0.1, 0.15) is 6.04 Å². The van der Waals surface area contributed by atoms with Crippen LogP contribution >= 0.6 is 0 Å². The van der Waals surface area contributed by atoms with Crippen molar-refractivity contribution in [2.24, 2.45) is 11.8 Å². The van der Waals surface area contributed by atoms with E-state index in [-0.39, 0.29) is 24.0 Å². The van der Waals surface area contributed by atoms with E-state index in [9.17, 15) is 4.79 Å². The van der Waals surface area contributed by atoms with Crippen LogP contribution in [-0.4, -0.2) is 49.1 Å². The van der Waals surface area contributed by atoms with Gasteiger partial charge in [-0.05, 0) is 44.4 Å². The zero-order valence-corrected chi connectivity index (χ0v) is 14.3. The van der Waals surface area contributed by atoms with Gasteiger partial charge in [-0.3, -0.25) is 0 Å². The number of rotatable bonds is 7. The Morgan fingerprint density at radius 2 is 2.00 bits per heavy atom. The highest BCUT2D eigenvalue weighted by molar-refractivity contribution is 5.74. The first-order chi connectivity index (χ1) is 11.7. The second-order valence-corrected chi connectivity index (χ2v) is 6.62. The van der Waals surface area contributed by atoms with E-state index in [1.54, 1.807) is 14.0 Å². The quantitative estimate of drug-likeness (QED) is 0.783. The van der Waals surface area contributed by atoms with Gasteiger partial charge in [0, 0.05) is 20.3 Å². The van der Waals surface area contributed by atoms with Crippen molar-refractivity contribution < 1.29 is 18.8 Å². The first-order valence-electron chi connectivity index (χ1n) is 8.61. The average molecular weight is 338 g/mol. The summed E-state index contributed by atoms with van der Waals surface area (Å²) in [5.41, 5.74) is 0. The van der Waals surface area contributed by atoms with Gasteiger partial charge in [-0.25, -0.2) is 4.79 Å². The normalized spacial score (nSPS) is 21.2. The van der Waals surface area contributed by atoms with Crippen molar-refractivity contribution >= 4 is 6.03 Å². The van der Waals surface area contributed by atoms with Crippen LogP contribution in [-0.2, 0) is 9.47 Å². The zero-order valence-electron chi connectivity index (χ0n) is 14.3. The van der Waals surface area contributed by atoms with Crippen molar-refractivity contribution in [3.05, 3.63) is 11.7 Å². The van der Waals surface area contributed by atoms with Crippen molar-refractivity contribution in [3.63, 3.8) is 0 Å². The molecule has 2 N–H and O–H groups in total. The molecular weight excluding hydrogens is 312 g/mol. The van der Waals surface area contributed by atoms with E-state index in [1.807, 2.05) is 0 Å². The Labute approximate surface area is 141 Å². The zero-order chi connectivity index (χ0) is 16.9. The summed E-state index contributed by atoms with van der Waals surface area (Å²) in [6, 6.07) is -0.455. The number of aryl methyl sites for hydroxylation is 1. The summed E-state index contributed by atoms with van der Waals surface area (Å²) in [5.74, 6) is 1.78. The highest BCUT2D eigenvalue weighted by Gasteiger charge is 2.35. The number of carbonyl (C=O) groups excluding carboxylic acids is 1. The number of ether oxygens (including phenoxy) is 2. The van der Waals surface area contributed by atoms with E-state index in [1.165, 1.54) is 0 Å². The summed E-state index contributed by atoms with van der Waals surface area (Å²) >= 11 is 0. The summed E-state index contributed by atoms with van der Waals surface area (Å²) in [6.45, 7) is 3.67. The molecule has 0 unspecified atom stereocenters. The molecule has 134 valence electrons. The van der Waals surface area contributed by atoms with E-state index in [0.29, 0.717) is 37.5 Å². The standard InChI is InChI=1S/C16H26N4O4/c1-10-17-15(24-20-10)14(12-5-7-23-8-6-12)19-16(21)18-13(9-22-2)11-3-4-11/h11-14H,3-9H2,1-2H3,(H2,18,19,21)/t13-,14+/m1/s1. The monoisotopic (exact) mass is 338 g/mol. The van der Waals surface area contributed by atoms with Crippen LogP contribution in [0.5, 0.6) is 0 Å². The van der Waals surface area contributed by atoms with Crippen molar-refractivity contribution in [3.8, 4) is 0 Å². The molecule has 3 rings (SSSR count). The minimum Gasteiger partial charge on any atom is -0.383 e. The highest BCUT2D eigenvalue weighted by Crippen LogP contribution is 2.33. The molecule has 24 heavy (non-hydrogen) atoms. The van der Waals surface area contributed by atoms with Gasteiger partial charge in [-0.15, -0.1) is 0 Å². The van der Waals surface area contributed by atoms with E-state index in [4.69, 9.17) is 14.0 Å². The molecule has 0 radical (unpaired) electrons. The molecule has 2 aliphatic rings. The van der Waals surface area contributed by atoms with Crippen LogP contribution in [0.4, 0.5) is 4.79 Å². The molecule has 1 saturated heterocycles. The molecule has 8 nitrogen and oxygen atoms in total. The number of amides is 2. The molecule has 2 fully saturated rings. The number of methoxy groups -OCH3 is 1. The molecule has 2 atom stereocenters. The van der Waals surface area contributed by atoms with E-state index in [2.05, 4.69) is 20.8 Å². The van der Waals surface area contributed by atoms with Gasteiger partial charge in [0.25, 0.3) is 0 Å². The van der Waals surface area contributed by atoms with Crippen LogP contribution in [0.25, 0.3) is 0 Å². The maximum absolute atomic E-state index is 12.5. The second kappa shape index (κ2) is 7.94. The first-order valence-corrected chi connectivity index (χ1v) is 8.61. The molecular formula is C16H26N4O4. The Balaban J connectivity index is 1.65. The third-order valence-corrected chi connectivity index (χ3v) is 4.69. The Bertz CT molecular complexity index is 540. The molecule has 0 bridgehead atoms. The second-order valence-electron chi connectivity index (χ2n) is 6.62. The van der Waals surface area contributed by atoms with E-state index < -0.39 is 0 Å². The molecule has 2 amide bonds. The van der Waals surface area contributed by atoms with E-state index in [0.717, 1.165) is 25.7 Å². The molecule has 8 heteroatoms. The number of urea groups is 1. The summed E-state index contributed by atoms with van der Waals surface area (Å²) in [7, 11) is 1.65. The third-order valence-electron chi connectivity index (χ3n) is 4.69.